The van der Waals surface area contributed by atoms with E-state index in [1.807, 2.05) is 0 Å². The molecule has 0 saturated carbocycles. The van der Waals surface area contributed by atoms with Crippen molar-refractivity contribution >= 4 is 27.8 Å². The number of carbonyl (C=O) groups excluding carboxylic acids is 3. The lowest BCUT2D eigenvalue weighted by atomic mass is 10.1. The van der Waals surface area contributed by atoms with Crippen molar-refractivity contribution in [1.29, 1.82) is 0 Å². The molecule has 0 radical (unpaired) electrons. The minimum atomic E-state index is -3.97. The Bertz CT molecular complexity index is 1130. The van der Waals surface area contributed by atoms with Crippen molar-refractivity contribution in [2.45, 2.75) is 37.6 Å². The Labute approximate surface area is 180 Å². The standard InChI is InChI=1S/C21H22N2O7S/c1-21(2,3)22-31(27,28)17-10-9-14(29-4)11-13(17)12-18(24)30-23-19(25)15-7-5-6-8-16(15)20(23)26/h5-11,22H,12H2,1-4H3. The number of nitrogens with one attached hydrogen (secondary N) is 1. The fourth-order valence-corrected chi connectivity index (χ4v) is 4.72. The zero-order valence-corrected chi connectivity index (χ0v) is 18.3. The van der Waals surface area contributed by atoms with E-state index in [0.717, 1.165) is 0 Å². The van der Waals surface area contributed by atoms with Gasteiger partial charge in [-0.25, -0.2) is 17.9 Å². The van der Waals surface area contributed by atoms with Gasteiger partial charge in [-0.3, -0.25) is 9.59 Å². The summed E-state index contributed by atoms with van der Waals surface area (Å²) in [5.41, 5.74) is -0.409. The number of imide groups is 1. The number of nitrogens with zero attached hydrogens (tertiary/aromatic N) is 1. The summed E-state index contributed by atoms with van der Waals surface area (Å²) in [6.07, 6.45) is -0.509. The van der Waals surface area contributed by atoms with Gasteiger partial charge in [-0.15, -0.1) is 0 Å². The summed E-state index contributed by atoms with van der Waals surface area (Å²) in [4.78, 5) is 42.2. The average Bonchev–Trinajstić information content (AvgIpc) is 2.91. The summed E-state index contributed by atoms with van der Waals surface area (Å²) in [6.45, 7) is 5.05. The highest BCUT2D eigenvalue weighted by molar-refractivity contribution is 7.89. The molecule has 1 heterocycles. The Morgan fingerprint density at radius 3 is 2.13 bits per heavy atom. The van der Waals surface area contributed by atoms with Crippen LogP contribution in [-0.4, -0.2) is 43.9 Å². The molecule has 3 rings (SSSR count). The maximum atomic E-state index is 12.8. The quantitative estimate of drug-likeness (QED) is 0.675. The second-order valence-corrected chi connectivity index (χ2v) is 9.57. The molecule has 0 bridgehead atoms. The van der Waals surface area contributed by atoms with E-state index >= 15 is 0 Å². The van der Waals surface area contributed by atoms with Gasteiger partial charge < -0.3 is 9.57 Å². The smallest absolute Gasteiger partial charge is 0.337 e. The first kappa shape index (κ1) is 22.4. The first-order valence-electron chi connectivity index (χ1n) is 9.32. The molecule has 0 unspecified atom stereocenters. The highest BCUT2D eigenvalue weighted by Crippen LogP contribution is 2.26. The molecule has 2 amide bonds. The number of hydrogen-bond donors (Lipinski definition) is 1. The van der Waals surface area contributed by atoms with Gasteiger partial charge in [-0.2, -0.15) is 0 Å². The summed E-state index contributed by atoms with van der Waals surface area (Å²) >= 11 is 0. The minimum absolute atomic E-state index is 0.0951. The van der Waals surface area contributed by atoms with Crippen molar-refractivity contribution in [3.63, 3.8) is 0 Å². The fourth-order valence-electron chi connectivity index (χ4n) is 3.08. The second kappa shape index (κ2) is 8.12. The summed E-state index contributed by atoms with van der Waals surface area (Å²) in [5, 5.41) is 0.384. The first-order chi connectivity index (χ1) is 14.4. The van der Waals surface area contributed by atoms with Crippen LogP contribution in [0.2, 0.25) is 0 Å². The van der Waals surface area contributed by atoms with Crippen molar-refractivity contribution in [3.05, 3.63) is 59.2 Å². The van der Waals surface area contributed by atoms with E-state index in [2.05, 4.69) is 4.72 Å². The molecule has 0 saturated heterocycles. The Morgan fingerprint density at radius 1 is 1.03 bits per heavy atom. The van der Waals surface area contributed by atoms with E-state index in [-0.39, 0.29) is 21.6 Å². The van der Waals surface area contributed by atoms with Crippen LogP contribution in [0.3, 0.4) is 0 Å². The maximum absolute atomic E-state index is 12.8. The Balaban J connectivity index is 1.86. The van der Waals surface area contributed by atoms with Crippen LogP contribution in [0, 0.1) is 0 Å². The maximum Gasteiger partial charge on any atom is 0.337 e. The average molecular weight is 446 g/mol. The number of fused-ring (bicyclic) bond motifs is 1. The number of rotatable bonds is 6. The molecule has 1 aliphatic rings. The van der Waals surface area contributed by atoms with E-state index < -0.39 is 39.8 Å². The number of methoxy groups -OCH3 is 1. The largest absolute Gasteiger partial charge is 0.497 e. The molecule has 2 aromatic carbocycles. The molecule has 1 N–H and O–H groups in total. The molecule has 31 heavy (non-hydrogen) atoms. The highest BCUT2D eigenvalue weighted by atomic mass is 32.2. The van der Waals surface area contributed by atoms with Gasteiger partial charge in [-0.1, -0.05) is 17.2 Å². The van der Waals surface area contributed by atoms with Gasteiger partial charge >= 0.3 is 5.97 Å². The predicted octanol–water partition coefficient (Wildman–Crippen LogP) is 2.07. The Morgan fingerprint density at radius 2 is 1.61 bits per heavy atom. The van der Waals surface area contributed by atoms with Crippen LogP contribution in [0.15, 0.2) is 47.4 Å². The van der Waals surface area contributed by atoms with Gasteiger partial charge in [0.25, 0.3) is 11.8 Å². The normalized spacial score (nSPS) is 13.9. The van der Waals surface area contributed by atoms with E-state index in [0.29, 0.717) is 10.8 Å². The molecule has 0 aromatic heterocycles. The minimum Gasteiger partial charge on any atom is -0.497 e. The summed E-state index contributed by atoms with van der Waals surface area (Å²) in [5.74, 6) is -2.17. The number of benzene rings is 2. The summed E-state index contributed by atoms with van der Waals surface area (Å²) < 4.78 is 33.3. The molecule has 0 aliphatic carbocycles. The second-order valence-electron chi connectivity index (χ2n) is 7.92. The van der Waals surface area contributed by atoms with Crippen molar-refractivity contribution in [2.24, 2.45) is 0 Å². The molecular weight excluding hydrogens is 424 g/mol. The first-order valence-corrected chi connectivity index (χ1v) is 10.8. The van der Waals surface area contributed by atoms with Gasteiger partial charge in [0.2, 0.25) is 10.0 Å². The zero-order valence-electron chi connectivity index (χ0n) is 17.5. The van der Waals surface area contributed by atoms with E-state index in [1.54, 1.807) is 32.9 Å². The van der Waals surface area contributed by atoms with Crippen molar-refractivity contribution in [1.82, 2.24) is 9.79 Å². The van der Waals surface area contributed by atoms with Gasteiger partial charge in [0.05, 0.1) is 29.6 Å². The van der Waals surface area contributed by atoms with Crippen molar-refractivity contribution in [2.75, 3.05) is 7.11 Å². The van der Waals surface area contributed by atoms with Gasteiger partial charge in [0.1, 0.15) is 5.75 Å². The number of amides is 2. The van der Waals surface area contributed by atoms with Crippen LogP contribution in [0.5, 0.6) is 5.75 Å². The van der Waals surface area contributed by atoms with Crippen molar-refractivity contribution < 1.29 is 32.4 Å². The van der Waals surface area contributed by atoms with E-state index in [4.69, 9.17) is 9.57 Å². The number of sulfonamides is 1. The Kier molecular flexibility index (Phi) is 5.88. The van der Waals surface area contributed by atoms with Gasteiger partial charge in [-0.05, 0) is 56.7 Å². The van der Waals surface area contributed by atoms with Crippen LogP contribution in [0.4, 0.5) is 0 Å². The van der Waals surface area contributed by atoms with Crippen LogP contribution < -0.4 is 9.46 Å². The lowest BCUT2D eigenvalue weighted by molar-refractivity contribution is -0.167. The van der Waals surface area contributed by atoms with E-state index in [9.17, 15) is 22.8 Å². The monoisotopic (exact) mass is 446 g/mol. The molecule has 10 heteroatoms. The third-order valence-electron chi connectivity index (χ3n) is 4.28. The number of carbonyl (C=O) groups is 3. The summed E-state index contributed by atoms with van der Waals surface area (Å²) in [7, 11) is -2.57. The van der Waals surface area contributed by atoms with Crippen LogP contribution >= 0.6 is 0 Å². The van der Waals surface area contributed by atoms with Crippen molar-refractivity contribution in [3.8, 4) is 5.75 Å². The third kappa shape index (κ3) is 4.75. The lowest BCUT2D eigenvalue weighted by Gasteiger charge is -2.22. The van der Waals surface area contributed by atoms with Crippen LogP contribution in [-0.2, 0) is 26.1 Å². The lowest BCUT2D eigenvalue weighted by Crippen LogP contribution is -2.41. The molecule has 0 atom stereocenters. The number of ether oxygens (including phenoxy) is 1. The van der Waals surface area contributed by atoms with E-state index in [1.165, 1.54) is 37.4 Å². The van der Waals surface area contributed by atoms with Gasteiger partial charge in [0.15, 0.2) is 0 Å². The van der Waals surface area contributed by atoms with Crippen LogP contribution in [0.1, 0.15) is 47.1 Å². The fraction of sp³-hybridized carbons (Fsp3) is 0.286. The summed E-state index contributed by atoms with van der Waals surface area (Å²) in [6, 6.07) is 10.2. The molecule has 9 nitrogen and oxygen atoms in total. The molecule has 1 aliphatic heterocycles. The number of hydrogen-bond acceptors (Lipinski definition) is 7. The molecule has 0 fully saturated rings. The molecule has 0 spiro atoms. The molecule has 164 valence electrons. The van der Waals surface area contributed by atoms with Crippen LogP contribution in [0.25, 0.3) is 0 Å². The highest BCUT2D eigenvalue weighted by Gasteiger charge is 2.38. The SMILES string of the molecule is COc1ccc(S(=O)(=O)NC(C)(C)C)c(CC(=O)ON2C(=O)c3ccccc3C2=O)c1. The topological polar surface area (TPSA) is 119 Å². The zero-order chi connectivity index (χ0) is 23.0. The Hall–Kier alpha value is -3.24. The molecule has 2 aromatic rings. The van der Waals surface area contributed by atoms with Gasteiger partial charge in [0, 0.05) is 5.54 Å². The number of hydroxylamine groups is 2. The third-order valence-corrected chi connectivity index (χ3v) is 6.14. The predicted molar refractivity (Wildman–Crippen MR) is 110 cm³/mol. The molecular formula is C21H22N2O7S.